The fourth-order valence-corrected chi connectivity index (χ4v) is 6.28. The lowest BCUT2D eigenvalue weighted by Gasteiger charge is -2.30. The van der Waals surface area contributed by atoms with Crippen molar-refractivity contribution in [2.24, 2.45) is 4.99 Å². The van der Waals surface area contributed by atoms with E-state index in [9.17, 15) is 9.59 Å². The van der Waals surface area contributed by atoms with Gasteiger partial charge in [-0.05, 0) is 72.4 Å². The first-order valence-corrected chi connectivity index (χ1v) is 14.0. The lowest BCUT2D eigenvalue weighted by Crippen LogP contribution is -2.38. The number of benzene rings is 3. The molecule has 2 aliphatic rings. The number of ether oxygens (including phenoxy) is 2. The van der Waals surface area contributed by atoms with E-state index >= 15 is 0 Å². The summed E-state index contributed by atoms with van der Waals surface area (Å²) < 4.78 is 12.9. The Morgan fingerprint density at radius 3 is 2.74 bits per heavy atom. The molecule has 0 radical (unpaired) electrons. The Balaban J connectivity index is 1.46. The van der Waals surface area contributed by atoms with E-state index in [1.165, 1.54) is 16.9 Å². The summed E-state index contributed by atoms with van der Waals surface area (Å²) in [4.78, 5) is 31.3. The van der Waals surface area contributed by atoms with E-state index in [0.29, 0.717) is 26.7 Å². The normalized spacial score (nSPS) is 16.2. The van der Waals surface area contributed by atoms with Crippen molar-refractivity contribution in [1.82, 2.24) is 4.57 Å². The first-order valence-electron chi connectivity index (χ1n) is 12.8. The van der Waals surface area contributed by atoms with Crippen LogP contribution in [0.1, 0.15) is 41.6 Å². The molecule has 1 unspecified atom stereocenters. The Morgan fingerprint density at radius 2 is 1.92 bits per heavy atom. The van der Waals surface area contributed by atoms with Gasteiger partial charge in [0.25, 0.3) is 5.56 Å². The van der Waals surface area contributed by atoms with Crippen molar-refractivity contribution in [3.05, 3.63) is 125 Å². The van der Waals surface area contributed by atoms with Crippen LogP contribution in [-0.2, 0) is 16.0 Å². The minimum atomic E-state index is -0.427. The molecule has 6 nitrogen and oxygen atoms in total. The molecule has 0 N–H and O–H groups in total. The molecular weight excluding hydrogens is 532 g/mol. The molecule has 6 rings (SSSR count). The molecule has 0 amide bonds. The van der Waals surface area contributed by atoms with Gasteiger partial charge in [-0.3, -0.25) is 9.36 Å². The molecule has 2 heterocycles. The van der Waals surface area contributed by atoms with Gasteiger partial charge in [0.15, 0.2) is 11.4 Å². The number of thiazole rings is 1. The summed E-state index contributed by atoms with van der Waals surface area (Å²) in [5.74, 6) is 0.0969. The fourth-order valence-electron chi connectivity index (χ4n) is 5.16. The van der Waals surface area contributed by atoms with E-state index in [-0.39, 0.29) is 18.2 Å². The monoisotopic (exact) mass is 556 g/mol. The van der Waals surface area contributed by atoms with E-state index in [4.69, 9.17) is 26.1 Å². The Bertz CT molecular complexity index is 1790. The van der Waals surface area contributed by atoms with Gasteiger partial charge in [0.1, 0.15) is 5.75 Å². The molecule has 196 valence electrons. The van der Waals surface area contributed by atoms with Gasteiger partial charge < -0.3 is 9.47 Å². The smallest absolute Gasteiger partial charge is 0.344 e. The molecule has 8 heteroatoms. The lowest BCUT2D eigenvalue weighted by molar-refractivity contribution is -0.145. The van der Waals surface area contributed by atoms with Crippen LogP contribution in [0.5, 0.6) is 5.75 Å². The topological polar surface area (TPSA) is 69.9 Å². The van der Waals surface area contributed by atoms with Crippen LogP contribution in [-0.4, -0.2) is 23.8 Å². The number of carbonyl (C=O) groups is 1. The van der Waals surface area contributed by atoms with Crippen molar-refractivity contribution in [1.29, 1.82) is 0 Å². The van der Waals surface area contributed by atoms with E-state index < -0.39 is 5.97 Å². The predicted octanol–water partition coefficient (Wildman–Crippen LogP) is 4.91. The van der Waals surface area contributed by atoms with E-state index in [1.54, 1.807) is 19.1 Å². The summed E-state index contributed by atoms with van der Waals surface area (Å²) >= 11 is 7.58. The number of aromatic nitrogens is 1. The number of halogens is 1. The predicted molar refractivity (Wildman–Crippen MR) is 153 cm³/mol. The largest absolute Gasteiger partial charge is 0.482 e. The Kier molecular flexibility index (Phi) is 6.94. The Labute approximate surface area is 234 Å². The molecule has 0 saturated carbocycles. The minimum absolute atomic E-state index is 0.0954. The van der Waals surface area contributed by atoms with Crippen molar-refractivity contribution >= 4 is 40.7 Å². The third-order valence-corrected chi connectivity index (χ3v) is 8.11. The first-order chi connectivity index (χ1) is 19.0. The molecule has 0 spiro atoms. The molecular formula is C31H25ClN2O4S. The van der Waals surface area contributed by atoms with Gasteiger partial charge >= 0.3 is 5.97 Å². The van der Waals surface area contributed by atoms with Crippen LogP contribution in [0.3, 0.4) is 0 Å². The van der Waals surface area contributed by atoms with E-state index in [0.717, 1.165) is 40.8 Å². The molecule has 39 heavy (non-hydrogen) atoms. The third kappa shape index (κ3) is 4.95. The molecule has 0 saturated heterocycles. The van der Waals surface area contributed by atoms with Crippen LogP contribution in [0, 0.1) is 0 Å². The number of hydrogen-bond acceptors (Lipinski definition) is 6. The number of aryl methyl sites for hydroxylation is 1. The maximum Gasteiger partial charge on any atom is 0.344 e. The van der Waals surface area contributed by atoms with E-state index in [2.05, 4.69) is 18.2 Å². The highest BCUT2D eigenvalue weighted by atomic mass is 35.5. The van der Waals surface area contributed by atoms with Crippen molar-refractivity contribution in [3.8, 4) is 5.75 Å². The molecule has 0 fully saturated rings. The highest BCUT2D eigenvalue weighted by molar-refractivity contribution is 7.07. The van der Waals surface area contributed by atoms with E-state index in [1.807, 2.05) is 53.1 Å². The number of fused-ring (bicyclic) bond motifs is 3. The van der Waals surface area contributed by atoms with Crippen LogP contribution in [0.25, 0.3) is 11.8 Å². The van der Waals surface area contributed by atoms with Crippen LogP contribution in [0.15, 0.2) is 88.2 Å². The van der Waals surface area contributed by atoms with Gasteiger partial charge in [0.05, 0.1) is 22.9 Å². The average molecular weight is 557 g/mol. The molecule has 0 bridgehead atoms. The summed E-state index contributed by atoms with van der Waals surface area (Å²) in [5.41, 5.74) is 6.20. The third-order valence-electron chi connectivity index (χ3n) is 6.88. The molecule has 4 aromatic rings. The standard InChI is InChI=1S/C31H25ClN2O4S/c1-2-37-27(35)18-38-23-8-5-6-19(16-23)17-26-30(36)34-29(21-10-13-22(32)14-11-21)25-15-12-20-7-3-4-9-24(20)28(25)33-31(34)39-26/h3-11,13-14,16-17,29H,2,12,15,18H2,1H3. The van der Waals surface area contributed by atoms with Crippen LogP contribution in [0.4, 0.5) is 0 Å². The zero-order valence-electron chi connectivity index (χ0n) is 21.2. The zero-order valence-corrected chi connectivity index (χ0v) is 22.8. The van der Waals surface area contributed by atoms with Crippen molar-refractivity contribution in [2.45, 2.75) is 25.8 Å². The Hall–Kier alpha value is -3.94. The quantitative estimate of drug-likeness (QED) is 0.316. The lowest BCUT2D eigenvalue weighted by atomic mass is 9.83. The van der Waals surface area contributed by atoms with Gasteiger partial charge in [0, 0.05) is 10.6 Å². The first kappa shape index (κ1) is 25.3. The molecule has 1 atom stereocenters. The number of hydrogen-bond donors (Lipinski definition) is 0. The summed E-state index contributed by atoms with van der Waals surface area (Å²) in [5, 5.41) is 0.652. The second kappa shape index (κ2) is 10.7. The number of rotatable bonds is 6. The summed E-state index contributed by atoms with van der Waals surface area (Å²) in [7, 11) is 0. The van der Waals surface area contributed by atoms with Gasteiger partial charge in [-0.1, -0.05) is 71.5 Å². The van der Waals surface area contributed by atoms with Gasteiger partial charge in [-0.25, -0.2) is 9.79 Å². The van der Waals surface area contributed by atoms with Gasteiger partial charge in [0.2, 0.25) is 0 Å². The molecule has 1 aromatic heterocycles. The van der Waals surface area contributed by atoms with Gasteiger partial charge in [-0.15, -0.1) is 0 Å². The van der Waals surface area contributed by atoms with Crippen LogP contribution >= 0.6 is 22.9 Å². The summed E-state index contributed by atoms with van der Waals surface area (Å²) in [6, 6.07) is 23.1. The number of esters is 1. The maximum atomic E-state index is 13.9. The average Bonchev–Trinajstić information content (AvgIpc) is 3.26. The maximum absolute atomic E-state index is 13.9. The van der Waals surface area contributed by atoms with Crippen LogP contribution in [0.2, 0.25) is 5.02 Å². The SMILES string of the molecule is CCOC(=O)COc1cccc(C=c2sc3n(c2=O)C(c2ccc(Cl)cc2)C2=C(N=3)c3ccccc3CC2)c1. The minimum Gasteiger partial charge on any atom is -0.482 e. The number of allylic oxidation sites excluding steroid dienone is 1. The Morgan fingerprint density at radius 1 is 1.10 bits per heavy atom. The van der Waals surface area contributed by atoms with Crippen molar-refractivity contribution < 1.29 is 14.3 Å². The molecule has 1 aliphatic heterocycles. The number of nitrogens with zero attached hydrogens (tertiary/aromatic N) is 2. The van der Waals surface area contributed by atoms with Crippen molar-refractivity contribution in [2.75, 3.05) is 13.2 Å². The highest BCUT2D eigenvalue weighted by Crippen LogP contribution is 2.41. The zero-order chi connectivity index (χ0) is 26.9. The summed E-state index contributed by atoms with van der Waals surface area (Å²) in [6.07, 6.45) is 3.57. The second-order valence-electron chi connectivity index (χ2n) is 9.33. The molecule has 3 aromatic carbocycles. The van der Waals surface area contributed by atoms with Crippen molar-refractivity contribution in [3.63, 3.8) is 0 Å². The number of carbonyl (C=O) groups excluding carboxylic acids is 1. The summed E-state index contributed by atoms with van der Waals surface area (Å²) in [6.45, 7) is 1.88. The fraction of sp³-hybridized carbons (Fsp3) is 0.194. The van der Waals surface area contributed by atoms with Gasteiger partial charge in [-0.2, -0.15) is 0 Å². The highest BCUT2D eigenvalue weighted by Gasteiger charge is 2.32. The molecule has 1 aliphatic carbocycles. The van der Waals surface area contributed by atoms with Crippen LogP contribution < -0.4 is 19.6 Å². The second-order valence-corrected chi connectivity index (χ2v) is 10.8.